The van der Waals surface area contributed by atoms with Crippen molar-refractivity contribution in [3.05, 3.63) is 53.3 Å². The summed E-state index contributed by atoms with van der Waals surface area (Å²) in [6, 6.07) is 9.63. The number of rotatable bonds is 5. The van der Waals surface area contributed by atoms with E-state index in [1.54, 1.807) is 11.3 Å². The number of anilines is 1. The molecule has 2 aromatic heterocycles. The van der Waals surface area contributed by atoms with E-state index in [1.165, 1.54) is 22.7 Å². The minimum atomic E-state index is -0.214. The minimum Gasteiger partial charge on any atom is -0.363 e. The lowest BCUT2D eigenvalue weighted by Crippen LogP contribution is -2.49. The van der Waals surface area contributed by atoms with Crippen LogP contribution in [0.15, 0.2) is 46.9 Å². The molecule has 1 fully saturated rings. The molecule has 0 aliphatic carbocycles. The van der Waals surface area contributed by atoms with Crippen LogP contribution in [0.25, 0.3) is 10.9 Å². The molecule has 1 aromatic carbocycles. The van der Waals surface area contributed by atoms with Crippen LogP contribution in [0.1, 0.15) is 18.4 Å². The molecule has 0 bridgehead atoms. The molecular weight excluding hydrogens is 373 g/mol. The predicted molar refractivity (Wildman–Crippen MR) is 116 cm³/mol. The van der Waals surface area contributed by atoms with Gasteiger partial charge in [0.25, 0.3) is 0 Å². The van der Waals surface area contributed by atoms with Crippen LogP contribution in [-0.4, -0.2) is 43.7 Å². The maximum Gasteiger partial charge on any atom is 0.191 e. The summed E-state index contributed by atoms with van der Waals surface area (Å²) in [5.74, 6) is 0.634. The zero-order valence-electron chi connectivity index (χ0n) is 16.0. The van der Waals surface area contributed by atoms with Gasteiger partial charge in [-0.05, 0) is 60.5 Å². The molecule has 3 N–H and O–H groups in total. The van der Waals surface area contributed by atoms with Gasteiger partial charge < -0.3 is 20.5 Å². The molecule has 1 saturated heterocycles. The third-order valence-electron chi connectivity index (χ3n) is 5.29. The number of piperidine rings is 1. The normalized spacial score (nSPS) is 15.9. The highest BCUT2D eigenvalue weighted by Gasteiger charge is 2.20. The first-order valence-electron chi connectivity index (χ1n) is 9.74. The Morgan fingerprint density at radius 1 is 1.32 bits per heavy atom. The van der Waals surface area contributed by atoms with Gasteiger partial charge in [-0.1, -0.05) is 0 Å². The lowest BCUT2D eigenvalue weighted by molar-refractivity contribution is 0.463. The number of aromatic nitrogens is 1. The van der Waals surface area contributed by atoms with E-state index in [0.29, 0.717) is 6.04 Å². The third-order valence-corrected chi connectivity index (χ3v) is 6.22. The fourth-order valence-corrected chi connectivity index (χ4v) is 4.55. The number of H-pyrrole nitrogens is 1. The van der Waals surface area contributed by atoms with E-state index in [-0.39, 0.29) is 5.82 Å². The number of thiophene rings is 1. The van der Waals surface area contributed by atoms with Crippen molar-refractivity contribution in [2.75, 3.05) is 31.6 Å². The lowest BCUT2D eigenvalue weighted by atomic mass is 10.1. The molecule has 148 valence electrons. The van der Waals surface area contributed by atoms with Gasteiger partial charge in [0.1, 0.15) is 5.82 Å². The van der Waals surface area contributed by atoms with E-state index in [4.69, 9.17) is 0 Å². The maximum atomic E-state index is 13.3. The number of halogens is 1. The van der Waals surface area contributed by atoms with Gasteiger partial charge in [0.15, 0.2) is 5.96 Å². The molecule has 0 atom stereocenters. The van der Waals surface area contributed by atoms with Crippen LogP contribution in [0.4, 0.5) is 9.39 Å². The molecule has 3 aromatic rings. The topological polar surface area (TPSA) is 55.5 Å². The third kappa shape index (κ3) is 4.30. The number of nitrogens with zero attached hydrogens (tertiary/aromatic N) is 2. The van der Waals surface area contributed by atoms with Crippen molar-refractivity contribution in [1.82, 2.24) is 15.6 Å². The van der Waals surface area contributed by atoms with Crippen molar-refractivity contribution >= 4 is 33.2 Å². The van der Waals surface area contributed by atoms with E-state index < -0.39 is 0 Å². The molecule has 1 aliphatic heterocycles. The summed E-state index contributed by atoms with van der Waals surface area (Å²) in [7, 11) is 1.81. The summed E-state index contributed by atoms with van der Waals surface area (Å²) in [4.78, 5) is 9.97. The Morgan fingerprint density at radius 3 is 2.93 bits per heavy atom. The van der Waals surface area contributed by atoms with Gasteiger partial charge in [-0.3, -0.25) is 4.99 Å². The number of nitrogens with one attached hydrogen (secondary N) is 3. The van der Waals surface area contributed by atoms with E-state index in [0.717, 1.165) is 55.8 Å². The second-order valence-electron chi connectivity index (χ2n) is 7.11. The van der Waals surface area contributed by atoms with Gasteiger partial charge >= 0.3 is 0 Å². The average molecular weight is 400 g/mol. The average Bonchev–Trinajstić information content (AvgIpc) is 3.38. The van der Waals surface area contributed by atoms with Crippen LogP contribution in [0.2, 0.25) is 0 Å². The molecular formula is C21H26FN5S. The zero-order chi connectivity index (χ0) is 19.3. The standard InChI is InChI=1S/C21H26FN5S/c1-23-21(26-17-7-10-27(11-8-17)20-3-2-12-28-20)24-9-6-15-14-25-19-13-16(22)4-5-18(15)19/h2-5,12-14,17,25H,6-11H2,1H3,(H2,23,24,26). The summed E-state index contributed by atoms with van der Waals surface area (Å²) in [6.07, 6.45) is 5.02. The van der Waals surface area contributed by atoms with E-state index >= 15 is 0 Å². The van der Waals surface area contributed by atoms with Crippen molar-refractivity contribution in [2.45, 2.75) is 25.3 Å². The Bertz CT molecular complexity index is 926. The van der Waals surface area contributed by atoms with Crippen molar-refractivity contribution < 1.29 is 4.39 Å². The Kier molecular flexibility index (Phi) is 5.81. The molecule has 0 spiro atoms. The van der Waals surface area contributed by atoms with Gasteiger partial charge in [0, 0.05) is 49.8 Å². The molecule has 1 aliphatic rings. The predicted octanol–water partition coefficient (Wildman–Crippen LogP) is 3.75. The highest BCUT2D eigenvalue weighted by molar-refractivity contribution is 7.14. The Labute approximate surface area is 168 Å². The molecule has 3 heterocycles. The second-order valence-corrected chi connectivity index (χ2v) is 8.04. The van der Waals surface area contributed by atoms with Crippen LogP contribution in [0.5, 0.6) is 0 Å². The second kappa shape index (κ2) is 8.65. The first-order chi connectivity index (χ1) is 13.7. The van der Waals surface area contributed by atoms with Gasteiger partial charge in [-0.25, -0.2) is 4.39 Å². The molecule has 7 heteroatoms. The molecule has 0 amide bonds. The number of hydrogen-bond donors (Lipinski definition) is 3. The monoisotopic (exact) mass is 399 g/mol. The van der Waals surface area contributed by atoms with Gasteiger partial charge in [0.05, 0.1) is 5.00 Å². The number of benzene rings is 1. The Hall–Kier alpha value is -2.54. The van der Waals surface area contributed by atoms with Crippen LogP contribution in [0, 0.1) is 5.82 Å². The summed E-state index contributed by atoms with van der Waals surface area (Å²) in [5, 5.41) is 11.5. The quantitative estimate of drug-likeness (QED) is 0.452. The number of hydrogen-bond acceptors (Lipinski definition) is 3. The summed E-state index contributed by atoms with van der Waals surface area (Å²) < 4.78 is 13.3. The van der Waals surface area contributed by atoms with Gasteiger partial charge in [-0.15, -0.1) is 11.3 Å². The van der Waals surface area contributed by atoms with Crippen molar-refractivity contribution in [1.29, 1.82) is 0 Å². The van der Waals surface area contributed by atoms with Crippen molar-refractivity contribution in [3.8, 4) is 0 Å². The molecule has 5 nitrogen and oxygen atoms in total. The Morgan fingerprint density at radius 2 is 2.18 bits per heavy atom. The first kappa shape index (κ1) is 18.8. The zero-order valence-corrected chi connectivity index (χ0v) is 16.9. The van der Waals surface area contributed by atoms with Gasteiger partial charge in [-0.2, -0.15) is 0 Å². The van der Waals surface area contributed by atoms with Crippen LogP contribution in [-0.2, 0) is 6.42 Å². The van der Waals surface area contributed by atoms with E-state index in [9.17, 15) is 4.39 Å². The highest BCUT2D eigenvalue weighted by Crippen LogP contribution is 2.24. The molecule has 0 radical (unpaired) electrons. The lowest BCUT2D eigenvalue weighted by Gasteiger charge is -2.33. The molecule has 0 saturated carbocycles. The molecule has 4 rings (SSSR count). The first-order valence-corrected chi connectivity index (χ1v) is 10.6. The summed E-state index contributed by atoms with van der Waals surface area (Å²) in [6.45, 7) is 2.92. The number of aliphatic imine (C=N–C) groups is 1. The fourth-order valence-electron chi connectivity index (χ4n) is 3.76. The van der Waals surface area contributed by atoms with E-state index in [1.807, 2.05) is 19.3 Å². The summed E-state index contributed by atoms with van der Waals surface area (Å²) >= 11 is 1.81. The molecule has 28 heavy (non-hydrogen) atoms. The Balaban J connectivity index is 1.25. The smallest absolute Gasteiger partial charge is 0.191 e. The largest absolute Gasteiger partial charge is 0.363 e. The highest BCUT2D eigenvalue weighted by atomic mass is 32.1. The van der Waals surface area contributed by atoms with Crippen molar-refractivity contribution in [2.24, 2.45) is 4.99 Å². The number of aromatic amines is 1. The van der Waals surface area contributed by atoms with Crippen LogP contribution >= 0.6 is 11.3 Å². The minimum absolute atomic E-state index is 0.214. The SMILES string of the molecule is CN=C(NCCc1c[nH]c2cc(F)ccc12)NC1CCN(c2cccs2)CC1. The van der Waals surface area contributed by atoms with Crippen LogP contribution in [0.3, 0.4) is 0 Å². The van der Waals surface area contributed by atoms with Gasteiger partial charge in [0.2, 0.25) is 0 Å². The molecule has 0 unspecified atom stereocenters. The number of fused-ring (bicyclic) bond motifs is 1. The summed E-state index contributed by atoms with van der Waals surface area (Å²) in [5.41, 5.74) is 2.03. The van der Waals surface area contributed by atoms with E-state index in [2.05, 4.69) is 43.0 Å². The fraction of sp³-hybridized carbons (Fsp3) is 0.381. The van der Waals surface area contributed by atoms with Crippen molar-refractivity contribution in [3.63, 3.8) is 0 Å². The van der Waals surface area contributed by atoms with Crippen LogP contribution < -0.4 is 15.5 Å². The number of guanidine groups is 1. The maximum absolute atomic E-state index is 13.3.